The number of nitrogens with one attached hydrogen (secondary N) is 1. The average molecular weight is 354 g/mol. The number of hydrogen-bond acceptors (Lipinski definition) is 5. The van der Waals surface area contributed by atoms with E-state index in [0.717, 1.165) is 6.08 Å². The topological polar surface area (TPSA) is 156 Å². The van der Waals surface area contributed by atoms with Crippen LogP contribution < -0.4 is 16.8 Å². The molecule has 0 atom stereocenters. The molecule has 0 aliphatic heterocycles. The van der Waals surface area contributed by atoms with Gasteiger partial charge in [-0.05, 0) is 12.2 Å². The van der Waals surface area contributed by atoms with E-state index >= 15 is 0 Å². The maximum Gasteiger partial charge on any atom is 0.245 e. The highest BCUT2D eigenvalue weighted by Gasteiger charge is 2.07. The molecule has 6 N–H and O–H groups in total. The summed E-state index contributed by atoms with van der Waals surface area (Å²) in [6.45, 7) is 12.8. The molecular formula is C16H26N4O5. The van der Waals surface area contributed by atoms with E-state index in [0.29, 0.717) is 0 Å². The fourth-order valence-corrected chi connectivity index (χ4v) is 0.764. The van der Waals surface area contributed by atoms with Gasteiger partial charge >= 0.3 is 0 Å². The number of carbonyl (C=O) groups excluding carboxylic acids is 4. The molecule has 0 aromatic rings. The van der Waals surface area contributed by atoms with Crippen molar-refractivity contribution in [3.05, 3.63) is 49.6 Å². The van der Waals surface area contributed by atoms with Crippen LogP contribution in [-0.2, 0) is 19.2 Å². The first kappa shape index (κ1) is 26.7. The van der Waals surface area contributed by atoms with Crippen LogP contribution in [0.3, 0.4) is 0 Å². The number of rotatable bonds is 7. The largest absolute Gasteiger partial charge is 0.376 e. The van der Waals surface area contributed by atoms with Gasteiger partial charge in [-0.1, -0.05) is 26.3 Å². The third-order valence-electron chi connectivity index (χ3n) is 2.18. The molecule has 0 aliphatic carbocycles. The van der Waals surface area contributed by atoms with Crippen molar-refractivity contribution in [3.63, 3.8) is 0 Å². The van der Waals surface area contributed by atoms with Crippen molar-refractivity contribution >= 4 is 23.6 Å². The molecule has 9 heteroatoms. The molecule has 0 aromatic heterocycles. The SMILES string of the molecule is C=C(CC(=C)C(N)=O)C(N)=O.C=CC(=O)N(C)C.C=CC(=O)NCO. The van der Waals surface area contributed by atoms with Gasteiger partial charge < -0.3 is 26.8 Å². The zero-order valence-corrected chi connectivity index (χ0v) is 14.6. The highest BCUT2D eigenvalue weighted by atomic mass is 16.3. The maximum atomic E-state index is 10.4. The molecule has 0 spiro atoms. The second-order valence-electron chi connectivity index (χ2n) is 4.45. The van der Waals surface area contributed by atoms with Crippen LogP contribution in [0.4, 0.5) is 0 Å². The molecule has 0 heterocycles. The van der Waals surface area contributed by atoms with Crippen molar-refractivity contribution in [1.29, 1.82) is 0 Å². The normalized spacial score (nSPS) is 8.12. The van der Waals surface area contributed by atoms with Crippen molar-refractivity contribution in [2.45, 2.75) is 6.42 Å². The summed E-state index contributed by atoms with van der Waals surface area (Å²) in [6, 6.07) is 0. The fraction of sp³-hybridized carbons (Fsp3) is 0.250. The molecule has 0 bridgehead atoms. The molecule has 0 aliphatic rings. The second kappa shape index (κ2) is 15.7. The molecule has 0 aromatic carbocycles. The minimum absolute atomic E-state index is 0.0463. The summed E-state index contributed by atoms with van der Waals surface area (Å²) in [6.07, 6.45) is 2.42. The third kappa shape index (κ3) is 18.8. The Hall–Kier alpha value is -3.20. The smallest absolute Gasteiger partial charge is 0.245 e. The summed E-state index contributed by atoms with van der Waals surface area (Å²) in [5, 5.41) is 10.1. The summed E-state index contributed by atoms with van der Waals surface area (Å²) < 4.78 is 0. The maximum absolute atomic E-state index is 10.4. The van der Waals surface area contributed by atoms with Gasteiger partial charge in [0.05, 0.1) is 0 Å². The van der Waals surface area contributed by atoms with Crippen LogP contribution >= 0.6 is 0 Å². The van der Waals surface area contributed by atoms with Gasteiger partial charge in [0.15, 0.2) is 0 Å². The summed E-state index contributed by atoms with van der Waals surface area (Å²) in [5.74, 6) is -1.71. The predicted molar refractivity (Wildman–Crippen MR) is 95.6 cm³/mol. The van der Waals surface area contributed by atoms with Crippen LogP contribution in [0.15, 0.2) is 49.6 Å². The summed E-state index contributed by atoms with van der Waals surface area (Å²) in [4.78, 5) is 42.6. The Morgan fingerprint density at radius 1 is 1.00 bits per heavy atom. The molecule has 0 saturated heterocycles. The molecule has 0 radical (unpaired) electrons. The Balaban J connectivity index is -0.000000304. The number of likely N-dealkylation sites (N-methyl/N-ethyl adjacent to an activating group) is 1. The Morgan fingerprint density at radius 3 is 1.52 bits per heavy atom. The first-order valence-electron chi connectivity index (χ1n) is 6.74. The Morgan fingerprint density at radius 2 is 1.40 bits per heavy atom. The lowest BCUT2D eigenvalue weighted by Gasteiger charge is -2.03. The molecular weight excluding hydrogens is 328 g/mol. The Kier molecular flexibility index (Phi) is 16.7. The van der Waals surface area contributed by atoms with Crippen LogP contribution in [0, 0.1) is 0 Å². The molecule has 4 amide bonds. The minimum Gasteiger partial charge on any atom is -0.376 e. The number of carbonyl (C=O) groups is 4. The zero-order chi connectivity index (χ0) is 20.6. The number of nitrogens with two attached hydrogens (primary N) is 2. The van der Waals surface area contributed by atoms with Crippen molar-refractivity contribution in [2.24, 2.45) is 11.5 Å². The van der Waals surface area contributed by atoms with E-state index in [4.69, 9.17) is 16.6 Å². The van der Waals surface area contributed by atoms with Gasteiger partial charge in [0.25, 0.3) is 0 Å². The Bertz CT molecular complexity index is 515. The van der Waals surface area contributed by atoms with Crippen LogP contribution in [0.2, 0.25) is 0 Å². The van der Waals surface area contributed by atoms with Gasteiger partial charge in [0.2, 0.25) is 23.6 Å². The van der Waals surface area contributed by atoms with Gasteiger partial charge in [-0.15, -0.1) is 0 Å². The average Bonchev–Trinajstić information content (AvgIpc) is 2.54. The lowest BCUT2D eigenvalue weighted by atomic mass is 10.1. The van der Waals surface area contributed by atoms with Crippen molar-refractivity contribution in [3.8, 4) is 0 Å². The van der Waals surface area contributed by atoms with Crippen molar-refractivity contribution in [1.82, 2.24) is 10.2 Å². The standard InChI is InChI=1S/C7H10N2O2.C5H9NO.C4H7NO2/c1-4(6(8)10)3-5(2)7(9)11;1-4-5(7)6(2)3;1-2-4(7)5-3-6/h1-3H2,(H2,8,10)(H2,9,11);4H,1H2,2-3H3;2,6H,1,3H2,(H,5,7). The number of aliphatic hydroxyl groups excluding tert-OH is 1. The Labute approximate surface area is 147 Å². The number of primary amides is 2. The number of hydrogen-bond donors (Lipinski definition) is 4. The molecule has 0 fully saturated rings. The zero-order valence-electron chi connectivity index (χ0n) is 14.6. The second-order valence-corrected chi connectivity index (χ2v) is 4.45. The third-order valence-corrected chi connectivity index (χ3v) is 2.18. The molecule has 140 valence electrons. The number of aliphatic hydroxyl groups is 1. The lowest BCUT2D eigenvalue weighted by Crippen LogP contribution is -2.20. The van der Waals surface area contributed by atoms with Gasteiger partial charge in [-0.3, -0.25) is 19.2 Å². The van der Waals surface area contributed by atoms with E-state index in [9.17, 15) is 19.2 Å². The van der Waals surface area contributed by atoms with E-state index in [2.05, 4.69) is 31.6 Å². The lowest BCUT2D eigenvalue weighted by molar-refractivity contribution is -0.123. The molecule has 0 saturated carbocycles. The van der Waals surface area contributed by atoms with E-state index in [1.165, 1.54) is 11.0 Å². The van der Waals surface area contributed by atoms with Gasteiger partial charge in [0.1, 0.15) is 6.73 Å². The minimum atomic E-state index is -0.646. The summed E-state index contributed by atoms with van der Waals surface area (Å²) >= 11 is 0. The van der Waals surface area contributed by atoms with Crippen LogP contribution in [0.1, 0.15) is 6.42 Å². The molecule has 9 nitrogen and oxygen atoms in total. The van der Waals surface area contributed by atoms with E-state index in [-0.39, 0.29) is 36.1 Å². The highest BCUT2D eigenvalue weighted by Crippen LogP contribution is 2.05. The fourth-order valence-electron chi connectivity index (χ4n) is 0.764. The molecule has 0 rings (SSSR count). The monoisotopic (exact) mass is 354 g/mol. The van der Waals surface area contributed by atoms with Crippen LogP contribution in [0.25, 0.3) is 0 Å². The van der Waals surface area contributed by atoms with Crippen molar-refractivity contribution in [2.75, 3.05) is 20.8 Å². The predicted octanol–water partition coefficient (Wildman–Crippen LogP) is -1.04. The van der Waals surface area contributed by atoms with E-state index in [1.54, 1.807) is 14.1 Å². The van der Waals surface area contributed by atoms with Gasteiger partial charge in [-0.2, -0.15) is 0 Å². The highest BCUT2D eigenvalue weighted by molar-refractivity contribution is 5.97. The summed E-state index contributed by atoms with van der Waals surface area (Å²) in [7, 11) is 3.37. The number of nitrogens with zero attached hydrogens (tertiary/aromatic N) is 1. The summed E-state index contributed by atoms with van der Waals surface area (Å²) in [5.41, 5.74) is 9.97. The van der Waals surface area contributed by atoms with E-state index in [1.807, 2.05) is 0 Å². The quantitative estimate of drug-likeness (QED) is 0.339. The first-order valence-corrected chi connectivity index (χ1v) is 6.74. The first-order chi connectivity index (χ1) is 11.4. The van der Waals surface area contributed by atoms with Crippen molar-refractivity contribution < 1.29 is 24.3 Å². The van der Waals surface area contributed by atoms with E-state index < -0.39 is 11.8 Å². The number of amides is 4. The van der Waals surface area contributed by atoms with Crippen LogP contribution in [0.5, 0.6) is 0 Å². The van der Waals surface area contributed by atoms with Gasteiger partial charge in [-0.25, -0.2) is 0 Å². The molecule has 25 heavy (non-hydrogen) atoms. The molecule has 0 unspecified atom stereocenters. The van der Waals surface area contributed by atoms with Crippen LogP contribution in [-0.4, -0.2) is 54.5 Å². The van der Waals surface area contributed by atoms with Gasteiger partial charge in [0, 0.05) is 31.7 Å².